The van der Waals surface area contributed by atoms with Gasteiger partial charge in [-0.1, -0.05) is 0 Å². The van der Waals surface area contributed by atoms with Crippen molar-refractivity contribution in [1.29, 1.82) is 0 Å². The van der Waals surface area contributed by atoms with Crippen molar-refractivity contribution >= 4 is 11.8 Å². The summed E-state index contributed by atoms with van der Waals surface area (Å²) in [6.45, 7) is 0.668. The number of amides is 2. The standard InChI is InChI=1S/C8H10F6N2O2/c1-4(16-6(18)8(12,13)14)2-3-15-5(17)7(9,10)11/h4H,2-3H2,1H3,(H,15,17)(H,16,18). The molecule has 1 atom stereocenters. The van der Waals surface area contributed by atoms with Crippen LogP contribution in [0.4, 0.5) is 26.3 Å². The van der Waals surface area contributed by atoms with Gasteiger partial charge in [-0.15, -0.1) is 0 Å². The molecule has 10 heteroatoms. The summed E-state index contributed by atoms with van der Waals surface area (Å²) in [4.78, 5) is 20.8. The van der Waals surface area contributed by atoms with E-state index >= 15 is 0 Å². The fourth-order valence-corrected chi connectivity index (χ4v) is 0.880. The fourth-order valence-electron chi connectivity index (χ4n) is 0.880. The van der Waals surface area contributed by atoms with Crippen molar-refractivity contribution in [1.82, 2.24) is 10.6 Å². The second-order valence-electron chi connectivity index (χ2n) is 3.41. The van der Waals surface area contributed by atoms with Gasteiger partial charge in [0.2, 0.25) is 0 Å². The van der Waals surface area contributed by atoms with E-state index < -0.39 is 36.8 Å². The molecular weight excluding hydrogens is 270 g/mol. The Morgan fingerprint density at radius 3 is 1.83 bits per heavy atom. The van der Waals surface area contributed by atoms with Crippen molar-refractivity contribution in [2.75, 3.05) is 6.54 Å². The molecule has 0 fully saturated rings. The van der Waals surface area contributed by atoms with Gasteiger partial charge in [0.1, 0.15) is 0 Å². The van der Waals surface area contributed by atoms with Crippen LogP contribution in [0, 0.1) is 0 Å². The number of halogens is 6. The zero-order chi connectivity index (χ0) is 14.6. The van der Waals surface area contributed by atoms with Crippen molar-refractivity contribution < 1.29 is 35.9 Å². The predicted octanol–water partition coefficient (Wildman–Crippen LogP) is 1.12. The number of alkyl halides is 6. The first kappa shape index (κ1) is 16.5. The minimum atomic E-state index is -5.05. The molecule has 4 nitrogen and oxygen atoms in total. The summed E-state index contributed by atoms with van der Waals surface area (Å²) in [5.74, 6) is -4.37. The van der Waals surface area contributed by atoms with Crippen molar-refractivity contribution in [3.63, 3.8) is 0 Å². The fraction of sp³-hybridized carbons (Fsp3) is 0.750. The number of carbonyl (C=O) groups is 2. The highest BCUT2D eigenvalue weighted by atomic mass is 19.4. The lowest BCUT2D eigenvalue weighted by atomic mass is 10.2. The Balaban J connectivity index is 3.96. The summed E-state index contributed by atoms with van der Waals surface area (Å²) in [5, 5.41) is 3.00. The molecule has 0 rings (SSSR count). The van der Waals surface area contributed by atoms with E-state index in [-0.39, 0.29) is 6.42 Å². The first-order valence-corrected chi connectivity index (χ1v) is 4.67. The summed E-state index contributed by atoms with van der Waals surface area (Å²) < 4.78 is 70.5. The third kappa shape index (κ3) is 6.30. The highest BCUT2D eigenvalue weighted by Gasteiger charge is 2.40. The first-order valence-electron chi connectivity index (χ1n) is 4.67. The molecular formula is C8H10F6N2O2. The summed E-state index contributed by atoms with van der Waals surface area (Å²) in [7, 11) is 0. The van der Waals surface area contributed by atoms with Gasteiger partial charge >= 0.3 is 24.2 Å². The smallest absolute Gasteiger partial charge is 0.348 e. The van der Waals surface area contributed by atoms with E-state index in [2.05, 4.69) is 0 Å². The highest BCUT2D eigenvalue weighted by Crippen LogP contribution is 2.15. The Hall–Kier alpha value is -1.48. The minimum absolute atomic E-state index is 0.260. The van der Waals surface area contributed by atoms with Gasteiger partial charge in [0, 0.05) is 12.6 Å². The van der Waals surface area contributed by atoms with Crippen molar-refractivity contribution in [2.24, 2.45) is 0 Å². The topological polar surface area (TPSA) is 58.2 Å². The van der Waals surface area contributed by atoms with Gasteiger partial charge in [0.05, 0.1) is 0 Å². The van der Waals surface area contributed by atoms with Crippen LogP contribution in [-0.4, -0.2) is 36.8 Å². The SMILES string of the molecule is CC(CCNC(=O)C(F)(F)F)NC(=O)C(F)(F)F. The molecule has 2 N–H and O–H groups in total. The zero-order valence-electron chi connectivity index (χ0n) is 9.08. The Labute approximate surface area is 97.7 Å². The molecule has 0 aromatic heterocycles. The van der Waals surface area contributed by atoms with Gasteiger partial charge in [-0.25, -0.2) is 0 Å². The summed E-state index contributed by atoms with van der Waals surface area (Å²) in [5.41, 5.74) is 0. The van der Waals surface area contributed by atoms with E-state index in [1.54, 1.807) is 0 Å². The molecule has 0 aliphatic heterocycles. The molecule has 106 valence electrons. The van der Waals surface area contributed by atoms with Crippen LogP contribution in [0.1, 0.15) is 13.3 Å². The van der Waals surface area contributed by atoms with Crippen LogP contribution in [0.25, 0.3) is 0 Å². The Morgan fingerprint density at radius 2 is 1.44 bits per heavy atom. The Bertz CT molecular complexity index is 312. The maximum atomic E-state index is 11.8. The van der Waals surface area contributed by atoms with Crippen LogP contribution in [0.15, 0.2) is 0 Å². The number of rotatable bonds is 4. The number of hydrogen-bond acceptors (Lipinski definition) is 2. The predicted molar refractivity (Wildman–Crippen MR) is 47.3 cm³/mol. The zero-order valence-corrected chi connectivity index (χ0v) is 9.08. The van der Waals surface area contributed by atoms with Gasteiger partial charge in [-0.05, 0) is 13.3 Å². The van der Waals surface area contributed by atoms with Gasteiger partial charge in [-0.2, -0.15) is 26.3 Å². The van der Waals surface area contributed by atoms with Crippen molar-refractivity contribution in [3.8, 4) is 0 Å². The third-order valence-electron chi connectivity index (χ3n) is 1.76. The van der Waals surface area contributed by atoms with E-state index in [1.165, 1.54) is 17.6 Å². The third-order valence-corrected chi connectivity index (χ3v) is 1.76. The lowest BCUT2D eigenvalue weighted by Crippen LogP contribution is -2.44. The quantitative estimate of drug-likeness (QED) is 0.758. The van der Waals surface area contributed by atoms with Gasteiger partial charge in [-0.3, -0.25) is 9.59 Å². The summed E-state index contributed by atoms with van der Waals surface area (Å²) in [6, 6.07) is -1.02. The summed E-state index contributed by atoms with van der Waals surface area (Å²) in [6.07, 6.45) is -10.4. The minimum Gasteiger partial charge on any atom is -0.348 e. The number of carbonyl (C=O) groups excluding carboxylic acids is 2. The highest BCUT2D eigenvalue weighted by molar-refractivity contribution is 5.82. The molecule has 0 bridgehead atoms. The number of hydrogen-bond donors (Lipinski definition) is 2. The lowest BCUT2D eigenvalue weighted by molar-refractivity contribution is -0.174. The average Bonchev–Trinajstić information content (AvgIpc) is 2.14. The van der Waals surface area contributed by atoms with Crippen molar-refractivity contribution in [3.05, 3.63) is 0 Å². The lowest BCUT2D eigenvalue weighted by Gasteiger charge is -2.15. The average molecular weight is 280 g/mol. The second-order valence-corrected chi connectivity index (χ2v) is 3.41. The van der Waals surface area contributed by atoms with Crippen molar-refractivity contribution in [2.45, 2.75) is 31.7 Å². The monoisotopic (exact) mass is 280 g/mol. The maximum absolute atomic E-state index is 11.8. The molecule has 0 saturated heterocycles. The molecule has 0 aromatic rings. The van der Waals surface area contributed by atoms with Crippen LogP contribution in [0.3, 0.4) is 0 Å². The van der Waals surface area contributed by atoms with Gasteiger partial charge in [0.15, 0.2) is 0 Å². The van der Waals surface area contributed by atoms with Gasteiger partial charge in [0.25, 0.3) is 0 Å². The van der Waals surface area contributed by atoms with Crippen LogP contribution >= 0.6 is 0 Å². The second kappa shape index (κ2) is 5.91. The van der Waals surface area contributed by atoms with E-state index in [0.717, 1.165) is 0 Å². The summed E-state index contributed by atoms with van der Waals surface area (Å²) >= 11 is 0. The van der Waals surface area contributed by atoms with Gasteiger partial charge < -0.3 is 10.6 Å². The van der Waals surface area contributed by atoms with E-state index in [0.29, 0.717) is 0 Å². The Kier molecular flexibility index (Phi) is 5.43. The van der Waals surface area contributed by atoms with Crippen LogP contribution in [0.5, 0.6) is 0 Å². The normalized spacial score (nSPS) is 13.9. The molecule has 0 saturated carbocycles. The first-order chi connectivity index (χ1) is 7.94. The molecule has 0 aliphatic rings. The molecule has 0 spiro atoms. The maximum Gasteiger partial charge on any atom is 0.471 e. The molecule has 0 heterocycles. The molecule has 0 aliphatic carbocycles. The largest absolute Gasteiger partial charge is 0.471 e. The molecule has 1 unspecified atom stereocenters. The number of nitrogens with one attached hydrogen (secondary N) is 2. The molecule has 0 radical (unpaired) electrons. The van der Waals surface area contributed by atoms with Crippen LogP contribution < -0.4 is 10.6 Å². The molecule has 2 amide bonds. The van der Waals surface area contributed by atoms with Crippen LogP contribution in [-0.2, 0) is 9.59 Å². The molecule has 18 heavy (non-hydrogen) atoms. The van der Waals surface area contributed by atoms with E-state index in [4.69, 9.17) is 0 Å². The van der Waals surface area contributed by atoms with Crippen LogP contribution in [0.2, 0.25) is 0 Å². The Morgan fingerprint density at radius 1 is 1.00 bits per heavy atom. The van der Waals surface area contributed by atoms with E-state index in [9.17, 15) is 35.9 Å². The van der Waals surface area contributed by atoms with E-state index in [1.807, 2.05) is 0 Å². The molecule has 0 aromatic carbocycles.